The summed E-state index contributed by atoms with van der Waals surface area (Å²) >= 11 is 0. The summed E-state index contributed by atoms with van der Waals surface area (Å²) in [6, 6.07) is 0. The maximum Gasteiger partial charge on any atom is 0.156 e. The van der Waals surface area contributed by atoms with Crippen molar-refractivity contribution in [2.75, 3.05) is 0 Å². The van der Waals surface area contributed by atoms with Gasteiger partial charge in [0.25, 0.3) is 0 Å². The van der Waals surface area contributed by atoms with Crippen LogP contribution in [-0.2, 0) is 4.79 Å². The van der Waals surface area contributed by atoms with Gasteiger partial charge in [0.2, 0.25) is 0 Å². The van der Waals surface area contributed by atoms with Crippen LogP contribution in [0.2, 0.25) is 0 Å². The molecule has 1 heteroatoms. The lowest BCUT2D eigenvalue weighted by Gasteiger charge is -2.50. The van der Waals surface area contributed by atoms with Crippen LogP contribution in [0.5, 0.6) is 0 Å². The lowest BCUT2D eigenvalue weighted by Crippen LogP contribution is -2.40. The van der Waals surface area contributed by atoms with Crippen molar-refractivity contribution in [3.8, 4) is 0 Å². The molecule has 3 aliphatic carbocycles. The summed E-state index contributed by atoms with van der Waals surface area (Å²) in [5.41, 5.74) is 5.29. The SMILES string of the molecule is CCCC1(C)CCC2=C3CCC(=O)C=C3CC[C@H]2C1CC. The zero-order chi connectivity index (χ0) is 15.0. The summed E-state index contributed by atoms with van der Waals surface area (Å²) in [4.78, 5) is 11.7. The van der Waals surface area contributed by atoms with E-state index in [-0.39, 0.29) is 0 Å². The van der Waals surface area contributed by atoms with E-state index in [1.807, 2.05) is 6.08 Å². The second-order valence-electron chi connectivity index (χ2n) is 7.70. The third-order valence-corrected chi connectivity index (χ3v) is 6.51. The summed E-state index contributed by atoms with van der Waals surface area (Å²) in [5, 5.41) is 0. The van der Waals surface area contributed by atoms with Crippen molar-refractivity contribution >= 4 is 5.78 Å². The molecule has 0 aromatic heterocycles. The summed E-state index contributed by atoms with van der Waals surface area (Å²) in [7, 11) is 0. The number of ketones is 1. The van der Waals surface area contributed by atoms with Gasteiger partial charge in [-0.2, -0.15) is 0 Å². The number of fused-ring (bicyclic) bond motifs is 2. The molecule has 0 aromatic rings. The van der Waals surface area contributed by atoms with Gasteiger partial charge in [-0.05, 0) is 73.0 Å². The maximum absolute atomic E-state index is 11.7. The van der Waals surface area contributed by atoms with E-state index in [0.29, 0.717) is 11.2 Å². The van der Waals surface area contributed by atoms with Crippen molar-refractivity contribution in [3.05, 3.63) is 22.8 Å². The third kappa shape index (κ3) is 2.53. The molecule has 3 rings (SSSR count). The second-order valence-corrected chi connectivity index (χ2v) is 7.70. The van der Waals surface area contributed by atoms with Gasteiger partial charge in [-0.1, -0.05) is 39.2 Å². The molecule has 1 fully saturated rings. The van der Waals surface area contributed by atoms with Crippen molar-refractivity contribution in [3.63, 3.8) is 0 Å². The topological polar surface area (TPSA) is 17.1 Å². The van der Waals surface area contributed by atoms with Gasteiger partial charge in [-0.25, -0.2) is 0 Å². The molecule has 1 saturated carbocycles. The van der Waals surface area contributed by atoms with E-state index in [1.54, 1.807) is 11.1 Å². The molecular weight excluding hydrogens is 256 g/mol. The van der Waals surface area contributed by atoms with Crippen LogP contribution in [0.3, 0.4) is 0 Å². The molecule has 0 saturated heterocycles. The molecule has 3 atom stereocenters. The fourth-order valence-corrected chi connectivity index (χ4v) is 5.59. The minimum atomic E-state index is 0.353. The van der Waals surface area contributed by atoms with E-state index in [2.05, 4.69) is 20.8 Å². The predicted molar refractivity (Wildman–Crippen MR) is 88.1 cm³/mol. The number of carbonyl (C=O) groups excluding carboxylic acids is 1. The van der Waals surface area contributed by atoms with E-state index in [9.17, 15) is 4.79 Å². The molecule has 3 aliphatic rings. The van der Waals surface area contributed by atoms with Crippen LogP contribution < -0.4 is 0 Å². The Kier molecular flexibility index (Phi) is 4.12. The Morgan fingerprint density at radius 1 is 1.19 bits per heavy atom. The zero-order valence-corrected chi connectivity index (χ0v) is 14.0. The average molecular weight is 286 g/mol. The van der Waals surface area contributed by atoms with E-state index in [4.69, 9.17) is 0 Å². The van der Waals surface area contributed by atoms with Gasteiger partial charge in [0, 0.05) is 6.42 Å². The lowest BCUT2D eigenvalue weighted by atomic mass is 9.55. The molecule has 0 radical (unpaired) electrons. The molecule has 1 nitrogen and oxygen atoms in total. The van der Waals surface area contributed by atoms with Crippen molar-refractivity contribution in [1.82, 2.24) is 0 Å². The summed E-state index contributed by atoms with van der Waals surface area (Å²) < 4.78 is 0. The molecule has 0 spiro atoms. The molecule has 0 heterocycles. The minimum Gasteiger partial charge on any atom is -0.295 e. The minimum absolute atomic E-state index is 0.353. The van der Waals surface area contributed by atoms with Gasteiger partial charge < -0.3 is 0 Å². The van der Waals surface area contributed by atoms with Crippen LogP contribution in [0, 0.1) is 17.3 Å². The Bertz CT molecular complexity index is 496. The first kappa shape index (κ1) is 15.1. The van der Waals surface area contributed by atoms with Crippen LogP contribution in [0.1, 0.15) is 78.6 Å². The largest absolute Gasteiger partial charge is 0.295 e. The molecule has 116 valence electrons. The zero-order valence-electron chi connectivity index (χ0n) is 14.0. The van der Waals surface area contributed by atoms with Gasteiger partial charge in [-0.15, -0.1) is 0 Å². The van der Waals surface area contributed by atoms with Gasteiger partial charge in [0.1, 0.15) is 0 Å². The fourth-order valence-electron chi connectivity index (χ4n) is 5.59. The normalized spacial score (nSPS) is 36.1. The summed E-state index contributed by atoms with van der Waals surface area (Å²) in [5.74, 6) is 2.01. The van der Waals surface area contributed by atoms with Crippen LogP contribution in [0.4, 0.5) is 0 Å². The van der Waals surface area contributed by atoms with E-state index >= 15 is 0 Å². The monoisotopic (exact) mass is 286 g/mol. The molecule has 21 heavy (non-hydrogen) atoms. The van der Waals surface area contributed by atoms with E-state index < -0.39 is 0 Å². The number of allylic oxidation sites excluding steroid dienone is 4. The average Bonchev–Trinajstić information content (AvgIpc) is 2.46. The van der Waals surface area contributed by atoms with Gasteiger partial charge in [0.05, 0.1) is 0 Å². The Balaban J connectivity index is 1.95. The molecule has 0 aliphatic heterocycles. The third-order valence-electron chi connectivity index (χ3n) is 6.51. The highest BCUT2D eigenvalue weighted by atomic mass is 16.1. The number of hydrogen-bond acceptors (Lipinski definition) is 1. The first-order chi connectivity index (χ1) is 10.1. The van der Waals surface area contributed by atoms with Gasteiger partial charge >= 0.3 is 0 Å². The Morgan fingerprint density at radius 2 is 2.00 bits per heavy atom. The molecule has 0 N–H and O–H groups in total. The summed E-state index contributed by atoms with van der Waals surface area (Å²) in [6.07, 6.45) is 12.8. The first-order valence-electron chi connectivity index (χ1n) is 9.04. The van der Waals surface area contributed by atoms with Crippen molar-refractivity contribution in [2.24, 2.45) is 17.3 Å². The highest BCUT2D eigenvalue weighted by Crippen LogP contribution is 2.56. The maximum atomic E-state index is 11.7. The molecule has 0 bridgehead atoms. The Hall–Kier alpha value is -0.850. The van der Waals surface area contributed by atoms with Gasteiger partial charge in [0.15, 0.2) is 5.78 Å². The fraction of sp³-hybridized carbons (Fsp3) is 0.750. The van der Waals surface area contributed by atoms with Crippen molar-refractivity contribution < 1.29 is 4.79 Å². The molecule has 2 unspecified atom stereocenters. The first-order valence-corrected chi connectivity index (χ1v) is 9.04. The van der Waals surface area contributed by atoms with E-state index in [1.165, 1.54) is 44.1 Å². The number of hydrogen-bond donors (Lipinski definition) is 0. The Labute approximate surface area is 129 Å². The Morgan fingerprint density at radius 3 is 2.71 bits per heavy atom. The van der Waals surface area contributed by atoms with Crippen molar-refractivity contribution in [1.29, 1.82) is 0 Å². The van der Waals surface area contributed by atoms with Crippen LogP contribution in [0.25, 0.3) is 0 Å². The molecular formula is C20H30O. The highest BCUT2D eigenvalue weighted by molar-refractivity contribution is 5.93. The predicted octanol–water partition coefficient (Wildman–Crippen LogP) is 5.61. The van der Waals surface area contributed by atoms with E-state index in [0.717, 1.165) is 31.1 Å². The quantitative estimate of drug-likeness (QED) is 0.659. The van der Waals surface area contributed by atoms with Crippen molar-refractivity contribution in [2.45, 2.75) is 78.6 Å². The molecule has 0 aromatic carbocycles. The van der Waals surface area contributed by atoms with Gasteiger partial charge in [-0.3, -0.25) is 4.79 Å². The second kappa shape index (κ2) is 5.74. The lowest BCUT2D eigenvalue weighted by molar-refractivity contribution is -0.114. The standard InChI is InChI=1S/C20H30O/c1-4-11-20(3)12-10-17-16-9-7-15(21)13-14(16)6-8-18(17)19(20)5-2/h13,18-19H,4-12H2,1-3H3/t18-,19?,20?/m1/s1. The van der Waals surface area contributed by atoms with Crippen LogP contribution >= 0.6 is 0 Å². The number of rotatable bonds is 3. The smallest absolute Gasteiger partial charge is 0.156 e. The molecule has 0 amide bonds. The van der Waals surface area contributed by atoms with Crippen LogP contribution in [-0.4, -0.2) is 5.78 Å². The number of carbonyl (C=O) groups is 1. The summed E-state index contributed by atoms with van der Waals surface area (Å²) in [6.45, 7) is 7.27. The highest BCUT2D eigenvalue weighted by Gasteiger charge is 2.44. The van der Waals surface area contributed by atoms with Crippen LogP contribution in [0.15, 0.2) is 22.8 Å².